The number of thioether (sulfide) groups is 1. The molecule has 0 aliphatic rings. The van der Waals surface area contributed by atoms with E-state index in [-0.39, 0.29) is 11.2 Å². The molecule has 3 heteroatoms. The molecule has 0 spiro atoms. The lowest BCUT2D eigenvalue weighted by Gasteiger charge is -2.09. The second-order valence-electron chi connectivity index (χ2n) is 3.94. The van der Waals surface area contributed by atoms with Gasteiger partial charge >= 0.3 is 0 Å². The van der Waals surface area contributed by atoms with Gasteiger partial charge in [-0.25, -0.2) is 0 Å². The van der Waals surface area contributed by atoms with Gasteiger partial charge in [0, 0.05) is 12.7 Å². The summed E-state index contributed by atoms with van der Waals surface area (Å²) in [5.74, 6) is 1.61. The highest BCUT2D eigenvalue weighted by Gasteiger charge is 1.96. The summed E-state index contributed by atoms with van der Waals surface area (Å²) in [6, 6.07) is 7.93. The molecule has 1 aromatic carbocycles. The van der Waals surface area contributed by atoms with Gasteiger partial charge in [-0.05, 0) is 31.5 Å². The maximum atomic E-state index is 10.7. The summed E-state index contributed by atoms with van der Waals surface area (Å²) >= 11 is 1.31. The first-order valence-corrected chi connectivity index (χ1v) is 6.63. The van der Waals surface area contributed by atoms with Crippen LogP contribution < -0.4 is 4.74 Å². The average Bonchev–Trinajstić information content (AvgIpc) is 2.25. The molecule has 17 heavy (non-hydrogen) atoms. The van der Waals surface area contributed by atoms with Gasteiger partial charge in [-0.2, -0.15) is 0 Å². The van der Waals surface area contributed by atoms with Crippen LogP contribution in [-0.4, -0.2) is 17.0 Å². The van der Waals surface area contributed by atoms with Crippen molar-refractivity contribution in [3.05, 3.63) is 35.9 Å². The number of hydrogen-bond acceptors (Lipinski definition) is 3. The highest BCUT2D eigenvalue weighted by Crippen LogP contribution is 2.15. The quantitative estimate of drug-likeness (QED) is 0.795. The van der Waals surface area contributed by atoms with E-state index in [0.717, 1.165) is 17.1 Å². The molecule has 0 aliphatic carbocycles. The van der Waals surface area contributed by atoms with Crippen LogP contribution in [0.3, 0.4) is 0 Å². The van der Waals surface area contributed by atoms with Crippen molar-refractivity contribution >= 4 is 23.0 Å². The van der Waals surface area contributed by atoms with Crippen LogP contribution in [0.1, 0.15) is 26.3 Å². The lowest BCUT2D eigenvalue weighted by atomic mass is 10.2. The Morgan fingerprint density at radius 3 is 2.53 bits per heavy atom. The second-order valence-corrected chi connectivity index (χ2v) is 5.14. The minimum Gasteiger partial charge on any atom is -0.491 e. The molecule has 0 unspecified atom stereocenters. The molecule has 1 aromatic rings. The Bertz CT molecular complexity index is 380. The van der Waals surface area contributed by atoms with Crippen LogP contribution in [0.5, 0.6) is 5.75 Å². The largest absolute Gasteiger partial charge is 0.491 e. The number of carbonyl (C=O) groups excluding carboxylic acids is 1. The summed E-state index contributed by atoms with van der Waals surface area (Å²) in [6.45, 7) is 5.59. The third-order valence-electron chi connectivity index (χ3n) is 1.95. The molecule has 0 saturated heterocycles. The lowest BCUT2D eigenvalue weighted by molar-refractivity contribution is -0.109. The molecule has 1 rings (SSSR count). The number of hydrogen-bond donors (Lipinski definition) is 0. The number of carbonyl (C=O) groups is 1. The molecule has 0 atom stereocenters. The average molecular weight is 250 g/mol. The van der Waals surface area contributed by atoms with Crippen LogP contribution in [0, 0.1) is 0 Å². The van der Waals surface area contributed by atoms with Crippen molar-refractivity contribution < 1.29 is 9.53 Å². The predicted molar refractivity (Wildman–Crippen MR) is 74.4 cm³/mol. The van der Waals surface area contributed by atoms with Gasteiger partial charge in [0.1, 0.15) is 5.75 Å². The summed E-state index contributed by atoms with van der Waals surface area (Å²) in [4.78, 5) is 10.7. The predicted octanol–water partition coefficient (Wildman–Crippen LogP) is 3.77. The third-order valence-corrected chi connectivity index (χ3v) is 2.71. The summed E-state index contributed by atoms with van der Waals surface area (Å²) in [6.07, 6.45) is 4.20. The van der Waals surface area contributed by atoms with Gasteiger partial charge < -0.3 is 4.74 Å². The van der Waals surface area contributed by atoms with E-state index in [1.54, 1.807) is 6.92 Å². The second kappa shape index (κ2) is 7.17. The van der Waals surface area contributed by atoms with E-state index >= 15 is 0 Å². The Labute approximate surface area is 107 Å². The van der Waals surface area contributed by atoms with Crippen LogP contribution in [-0.2, 0) is 4.79 Å². The summed E-state index contributed by atoms with van der Waals surface area (Å²) in [7, 11) is 0. The van der Waals surface area contributed by atoms with E-state index in [4.69, 9.17) is 4.74 Å². The van der Waals surface area contributed by atoms with E-state index in [1.165, 1.54) is 11.8 Å². The van der Waals surface area contributed by atoms with Crippen molar-refractivity contribution in [2.45, 2.75) is 26.9 Å². The Morgan fingerprint density at radius 2 is 2.00 bits per heavy atom. The van der Waals surface area contributed by atoms with Gasteiger partial charge in [-0.1, -0.05) is 36.0 Å². The molecule has 0 amide bonds. The van der Waals surface area contributed by atoms with E-state index in [9.17, 15) is 4.79 Å². The topological polar surface area (TPSA) is 26.3 Å². The van der Waals surface area contributed by atoms with Gasteiger partial charge in [0.15, 0.2) is 5.12 Å². The van der Waals surface area contributed by atoms with Crippen molar-refractivity contribution in [2.24, 2.45) is 0 Å². The molecule has 0 bridgehead atoms. The van der Waals surface area contributed by atoms with Crippen molar-refractivity contribution in [1.29, 1.82) is 0 Å². The highest BCUT2D eigenvalue weighted by atomic mass is 32.2. The van der Waals surface area contributed by atoms with E-state index in [2.05, 4.69) is 0 Å². The maximum Gasteiger partial charge on any atom is 0.186 e. The fourth-order valence-electron chi connectivity index (χ4n) is 1.28. The number of ether oxygens (including phenoxy) is 1. The molecule has 0 N–H and O–H groups in total. The third kappa shape index (κ3) is 6.17. The molecule has 0 heterocycles. The SMILES string of the molecule is CC(=O)SCC=Cc1ccc(OC(C)C)cc1. The molecule has 0 fully saturated rings. The fourth-order valence-corrected chi connectivity index (χ4v) is 1.71. The van der Waals surface area contributed by atoms with Crippen LogP contribution in [0.4, 0.5) is 0 Å². The molecular weight excluding hydrogens is 232 g/mol. The Hall–Kier alpha value is -1.22. The first kappa shape index (κ1) is 13.8. The van der Waals surface area contributed by atoms with Crippen molar-refractivity contribution in [3.8, 4) is 5.75 Å². The van der Waals surface area contributed by atoms with E-state index in [1.807, 2.05) is 50.3 Å². The Kier molecular flexibility index (Phi) is 5.84. The molecule has 0 radical (unpaired) electrons. The van der Waals surface area contributed by atoms with Crippen molar-refractivity contribution in [2.75, 3.05) is 5.75 Å². The normalized spacial score (nSPS) is 11.1. The van der Waals surface area contributed by atoms with Gasteiger partial charge in [0.05, 0.1) is 6.10 Å². The van der Waals surface area contributed by atoms with Gasteiger partial charge in [0.25, 0.3) is 0 Å². The maximum absolute atomic E-state index is 10.7. The lowest BCUT2D eigenvalue weighted by Crippen LogP contribution is -2.05. The monoisotopic (exact) mass is 250 g/mol. The highest BCUT2D eigenvalue weighted by molar-refractivity contribution is 8.13. The van der Waals surface area contributed by atoms with Crippen LogP contribution in [0.2, 0.25) is 0 Å². The Balaban J connectivity index is 2.47. The minimum atomic E-state index is 0.148. The van der Waals surface area contributed by atoms with Crippen molar-refractivity contribution in [1.82, 2.24) is 0 Å². The van der Waals surface area contributed by atoms with Crippen LogP contribution in [0.15, 0.2) is 30.3 Å². The van der Waals surface area contributed by atoms with Crippen molar-refractivity contribution in [3.63, 3.8) is 0 Å². The molecule has 2 nitrogen and oxygen atoms in total. The Morgan fingerprint density at radius 1 is 1.35 bits per heavy atom. The first-order chi connectivity index (χ1) is 8.08. The van der Waals surface area contributed by atoms with E-state index in [0.29, 0.717) is 0 Å². The number of benzene rings is 1. The summed E-state index contributed by atoms with van der Waals surface area (Å²) in [5.41, 5.74) is 1.12. The zero-order chi connectivity index (χ0) is 12.7. The zero-order valence-corrected chi connectivity index (χ0v) is 11.3. The molecule has 0 aromatic heterocycles. The van der Waals surface area contributed by atoms with Crippen LogP contribution >= 0.6 is 11.8 Å². The fraction of sp³-hybridized carbons (Fsp3) is 0.357. The minimum absolute atomic E-state index is 0.148. The first-order valence-electron chi connectivity index (χ1n) is 5.64. The summed E-state index contributed by atoms with van der Waals surface area (Å²) < 4.78 is 5.55. The molecule has 92 valence electrons. The van der Waals surface area contributed by atoms with Gasteiger partial charge in [-0.3, -0.25) is 4.79 Å². The van der Waals surface area contributed by atoms with Crippen LogP contribution in [0.25, 0.3) is 6.08 Å². The smallest absolute Gasteiger partial charge is 0.186 e. The summed E-state index contributed by atoms with van der Waals surface area (Å²) in [5, 5.41) is 0.148. The molecular formula is C14H18O2S. The molecule has 0 aliphatic heterocycles. The van der Waals surface area contributed by atoms with E-state index < -0.39 is 0 Å². The standard InChI is InChI=1S/C14H18O2S/c1-11(2)16-14-8-6-13(7-9-14)5-4-10-17-12(3)15/h4-9,11H,10H2,1-3H3. The number of rotatable bonds is 5. The molecule has 0 saturated carbocycles. The zero-order valence-electron chi connectivity index (χ0n) is 10.5. The van der Waals surface area contributed by atoms with Gasteiger partial charge in [-0.15, -0.1) is 0 Å². The van der Waals surface area contributed by atoms with Gasteiger partial charge in [0.2, 0.25) is 0 Å².